The van der Waals surface area contributed by atoms with Crippen molar-refractivity contribution in [3.05, 3.63) is 60.2 Å². The Morgan fingerprint density at radius 1 is 1.05 bits per heavy atom. The number of carbonyl (C=O) groups excluding carboxylic acids is 1. The Balaban J connectivity index is 1.90. The number of rotatable bonds is 4. The molecule has 0 unspecified atom stereocenters. The van der Waals surface area contributed by atoms with Crippen LogP contribution in [0.2, 0.25) is 0 Å². The van der Waals surface area contributed by atoms with Crippen molar-refractivity contribution in [1.82, 2.24) is 10.3 Å². The van der Waals surface area contributed by atoms with Crippen LogP contribution < -0.4 is 5.32 Å². The molecule has 0 radical (unpaired) electrons. The molecule has 94 valence electrons. The van der Waals surface area contributed by atoms with Crippen molar-refractivity contribution in [1.29, 1.82) is 0 Å². The van der Waals surface area contributed by atoms with Gasteiger partial charge in [-0.25, -0.2) is 0 Å². The third-order valence-electron chi connectivity index (χ3n) is 3.18. The first-order chi connectivity index (χ1) is 9.36. The van der Waals surface area contributed by atoms with Crippen molar-refractivity contribution in [2.45, 2.75) is 6.54 Å². The summed E-state index contributed by atoms with van der Waals surface area (Å²) >= 11 is 0. The zero-order chi connectivity index (χ0) is 13.1. The lowest BCUT2D eigenvalue weighted by molar-refractivity contribution is -0.109. The van der Waals surface area contributed by atoms with Crippen molar-refractivity contribution < 1.29 is 4.79 Å². The van der Waals surface area contributed by atoms with Gasteiger partial charge in [-0.15, -0.1) is 0 Å². The first kappa shape index (κ1) is 11.5. The van der Waals surface area contributed by atoms with Crippen LogP contribution in [0.3, 0.4) is 0 Å². The van der Waals surface area contributed by atoms with E-state index in [1.165, 1.54) is 5.39 Å². The number of H-pyrrole nitrogens is 1. The number of nitrogens with one attached hydrogen (secondary N) is 2. The van der Waals surface area contributed by atoms with Crippen molar-refractivity contribution in [2.24, 2.45) is 0 Å². The number of aromatic amines is 1. The van der Waals surface area contributed by atoms with Crippen LogP contribution in [0.5, 0.6) is 0 Å². The van der Waals surface area contributed by atoms with Gasteiger partial charge in [0.05, 0.1) is 0 Å². The van der Waals surface area contributed by atoms with E-state index in [0.29, 0.717) is 13.0 Å². The second-order valence-corrected chi connectivity index (χ2v) is 4.47. The highest BCUT2D eigenvalue weighted by molar-refractivity contribution is 5.85. The zero-order valence-corrected chi connectivity index (χ0v) is 10.4. The number of aromatic nitrogens is 1. The molecular formula is C16H14N2O. The van der Waals surface area contributed by atoms with E-state index in [-0.39, 0.29) is 0 Å². The van der Waals surface area contributed by atoms with E-state index in [0.717, 1.165) is 22.3 Å². The summed E-state index contributed by atoms with van der Waals surface area (Å²) in [5, 5.41) is 3.87. The summed E-state index contributed by atoms with van der Waals surface area (Å²) in [6.45, 7) is 0.566. The van der Waals surface area contributed by atoms with Gasteiger partial charge < -0.3 is 10.3 Å². The summed E-state index contributed by atoms with van der Waals surface area (Å²) in [5.74, 6) is 0. The lowest BCUT2D eigenvalue weighted by Gasteiger charge is -2.02. The van der Waals surface area contributed by atoms with Gasteiger partial charge in [0.25, 0.3) is 0 Å². The number of fused-ring (bicyclic) bond motifs is 1. The smallest absolute Gasteiger partial charge is 0.207 e. The van der Waals surface area contributed by atoms with E-state index < -0.39 is 0 Å². The third-order valence-corrected chi connectivity index (χ3v) is 3.18. The first-order valence-electron chi connectivity index (χ1n) is 6.21. The van der Waals surface area contributed by atoms with Crippen molar-refractivity contribution in [3.8, 4) is 11.3 Å². The Kier molecular flexibility index (Phi) is 3.02. The van der Waals surface area contributed by atoms with Gasteiger partial charge in [-0.05, 0) is 23.3 Å². The van der Waals surface area contributed by atoms with Gasteiger partial charge in [0.15, 0.2) is 0 Å². The third kappa shape index (κ3) is 2.36. The fourth-order valence-electron chi connectivity index (χ4n) is 2.19. The van der Waals surface area contributed by atoms with Crippen LogP contribution in [0.1, 0.15) is 5.56 Å². The number of para-hydroxylation sites is 1. The maximum atomic E-state index is 10.2. The van der Waals surface area contributed by atoms with E-state index in [9.17, 15) is 4.79 Å². The van der Waals surface area contributed by atoms with Gasteiger partial charge in [0, 0.05) is 23.1 Å². The Bertz CT molecular complexity index is 665. The Morgan fingerprint density at radius 3 is 2.58 bits per heavy atom. The summed E-state index contributed by atoms with van der Waals surface area (Å²) in [6, 6.07) is 18.5. The van der Waals surface area contributed by atoms with E-state index in [4.69, 9.17) is 0 Å². The van der Waals surface area contributed by atoms with E-state index in [1.807, 2.05) is 24.3 Å². The molecule has 0 fully saturated rings. The van der Waals surface area contributed by atoms with Crippen molar-refractivity contribution in [3.63, 3.8) is 0 Å². The number of benzene rings is 2. The van der Waals surface area contributed by atoms with Gasteiger partial charge in [-0.3, -0.25) is 4.79 Å². The normalized spacial score (nSPS) is 10.5. The predicted octanol–water partition coefficient (Wildman–Crippen LogP) is 3.08. The van der Waals surface area contributed by atoms with Gasteiger partial charge in [0.2, 0.25) is 6.41 Å². The highest BCUT2D eigenvalue weighted by atomic mass is 16.1. The number of hydrogen-bond acceptors (Lipinski definition) is 1. The SMILES string of the molecule is O=CNCc1ccc(-c2cc3ccccc3[nH]2)cc1. The van der Waals surface area contributed by atoms with Crippen LogP contribution in [0, 0.1) is 0 Å². The highest BCUT2D eigenvalue weighted by Gasteiger charge is 2.02. The van der Waals surface area contributed by atoms with Crippen molar-refractivity contribution >= 4 is 17.3 Å². The number of carbonyl (C=O) groups is 1. The van der Waals surface area contributed by atoms with Crippen LogP contribution in [0.25, 0.3) is 22.2 Å². The quantitative estimate of drug-likeness (QED) is 0.687. The molecule has 2 aromatic carbocycles. The summed E-state index contributed by atoms with van der Waals surface area (Å²) in [7, 11) is 0. The molecule has 3 rings (SSSR count). The van der Waals surface area contributed by atoms with Gasteiger partial charge in [-0.1, -0.05) is 42.5 Å². The van der Waals surface area contributed by atoms with Gasteiger partial charge in [-0.2, -0.15) is 0 Å². The summed E-state index contributed by atoms with van der Waals surface area (Å²) < 4.78 is 0. The maximum Gasteiger partial charge on any atom is 0.207 e. The van der Waals surface area contributed by atoms with Gasteiger partial charge in [0.1, 0.15) is 0 Å². The van der Waals surface area contributed by atoms with E-state index in [2.05, 4.69) is 40.6 Å². The molecule has 2 N–H and O–H groups in total. The van der Waals surface area contributed by atoms with Crippen LogP contribution in [0.15, 0.2) is 54.6 Å². The Hall–Kier alpha value is -2.55. The minimum absolute atomic E-state index is 0.566. The molecule has 0 atom stereocenters. The second-order valence-electron chi connectivity index (χ2n) is 4.47. The van der Waals surface area contributed by atoms with E-state index >= 15 is 0 Å². The fourth-order valence-corrected chi connectivity index (χ4v) is 2.19. The molecule has 1 aromatic heterocycles. The second kappa shape index (κ2) is 4.98. The topological polar surface area (TPSA) is 44.9 Å². The fraction of sp³-hybridized carbons (Fsp3) is 0.0625. The van der Waals surface area contributed by atoms with Crippen molar-refractivity contribution in [2.75, 3.05) is 0 Å². The number of amides is 1. The Labute approximate surface area is 111 Å². The molecule has 19 heavy (non-hydrogen) atoms. The average molecular weight is 250 g/mol. The number of hydrogen-bond donors (Lipinski definition) is 2. The van der Waals surface area contributed by atoms with Crippen LogP contribution >= 0.6 is 0 Å². The molecule has 1 amide bonds. The molecule has 0 bridgehead atoms. The summed E-state index contributed by atoms with van der Waals surface area (Å²) in [4.78, 5) is 13.7. The minimum Gasteiger partial charge on any atom is -0.355 e. The molecule has 0 aliphatic heterocycles. The molecule has 3 aromatic rings. The molecule has 0 aliphatic carbocycles. The largest absolute Gasteiger partial charge is 0.355 e. The van der Waals surface area contributed by atoms with Crippen LogP contribution in [0.4, 0.5) is 0 Å². The summed E-state index contributed by atoms with van der Waals surface area (Å²) in [5.41, 5.74) is 4.48. The molecule has 1 heterocycles. The molecule has 0 saturated heterocycles. The minimum atomic E-state index is 0.566. The van der Waals surface area contributed by atoms with Gasteiger partial charge >= 0.3 is 0 Å². The summed E-state index contributed by atoms with van der Waals surface area (Å²) in [6.07, 6.45) is 0.714. The molecule has 3 heteroatoms. The molecule has 0 aliphatic rings. The monoisotopic (exact) mass is 250 g/mol. The molecule has 0 spiro atoms. The lowest BCUT2D eigenvalue weighted by atomic mass is 10.1. The predicted molar refractivity (Wildman–Crippen MR) is 76.6 cm³/mol. The molecule has 3 nitrogen and oxygen atoms in total. The molecule has 0 saturated carbocycles. The zero-order valence-electron chi connectivity index (χ0n) is 10.4. The van der Waals surface area contributed by atoms with Crippen LogP contribution in [-0.4, -0.2) is 11.4 Å². The van der Waals surface area contributed by atoms with E-state index in [1.54, 1.807) is 0 Å². The first-order valence-corrected chi connectivity index (χ1v) is 6.21. The lowest BCUT2D eigenvalue weighted by Crippen LogP contribution is -2.09. The van der Waals surface area contributed by atoms with Crippen LogP contribution in [-0.2, 0) is 11.3 Å². The molecular weight excluding hydrogens is 236 g/mol. The highest BCUT2D eigenvalue weighted by Crippen LogP contribution is 2.24. The average Bonchev–Trinajstić information content (AvgIpc) is 2.89. The Morgan fingerprint density at radius 2 is 1.84 bits per heavy atom. The standard InChI is InChI=1S/C16H14N2O/c19-11-17-10-12-5-7-13(8-6-12)16-9-14-3-1-2-4-15(14)18-16/h1-9,11,18H,10H2,(H,17,19). The maximum absolute atomic E-state index is 10.2.